The Morgan fingerprint density at radius 3 is 2.12 bits per heavy atom. The summed E-state index contributed by atoms with van der Waals surface area (Å²) in [5.41, 5.74) is 1.34. The summed E-state index contributed by atoms with van der Waals surface area (Å²) in [5, 5.41) is 42.8. The summed E-state index contributed by atoms with van der Waals surface area (Å²) >= 11 is 5.59. The molecule has 1 fully saturated rings. The maximum absolute atomic E-state index is 10.3. The molecule has 1 aromatic heterocycles. The zero-order valence-corrected chi connectivity index (χ0v) is 25.2. The highest BCUT2D eigenvalue weighted by molar-refractivity contribution is 7.80. The van der Waals surface area contributed by atoms with Crippen molar-refractivity contribution in [2.45, 2.75) is 62.1 Å². The van der Waals surface area contributed by atoms with Crippen molar-refractivity contribution in [3.63, 3.8) is 0 Å². The summed E-state index contributed by atoms with van der Waals surface area (Å²) in [6.45, 7) is 0.839. The van der Waals surface area contributed by atoms with Gasteiger partial charge in [-0.15, -0.1) is 0 Å². The molecule has 0 bridgehead atoms. The number of carboxylic acids is 3. The van der Waals surface area contributed by atoms with E-state index in [4.69, 9.17) is 32.6 Å². The molecule has 0 aliphatic heterocycles. The monoisotopic (exact) mass is 612 g/mol. The molecule has 0 unspecified atom stereocenters. The van der Waals surface area contributed by atoms with E-state index in [-0.39, 0.29) is 5.54 Å². The number of nitrogens with zero attached hydrogens (tertiary/aromatic N) is 1. The fraction of sp³-hybridized carbons (Fsp3) is 0.419. The molecule has 0 atom stereocenters. The third kappa shape index (κ3) is 8.99. The molecule has 0 saturated heterocycles. The van der Waals surface area contributed by atoms with Crippen molar-refractivity contribution < 1.29 is 34.8 Å². The van der Waals surface area contributed by atoms with Gasteiger partial charge in [0.2, 0.25) is 0 Å². The summed E-state index contributed by atoms with van der Waals surface area (Å²) in [5.74, 6) is -5.02. The van der Waals surface area contributed by atoms with Crippen LogP contribution in [0.2, 0.25) is 0 Å². The predicted molar refractivity (Wildman–Crippen MR) is 167 cm³/mol. The number of fused-ring (bicyclic) bond motifs is 1. The molecular formula is C31H40N4O7S. The summed E-state index contributed by atoms with van der Waals surface area (Å²) in [7, 11) is 4.41. The number of aromatic amines is 1. The van der Waals surface area contributed by atoms with E-state index in [9.17, 15) is 14.4 Å². The van der Waals surface area contributed by atoms with Gasteiger partial charge in [-0.1, -0.05) is 48.5 Å². The van der Waals surface area contributed by atoms with Crippen LogP contribution in [0.25, 0.3) is 10.9 Å². The Morgan fingerprint density at radius 2 is 1.56 bits per heavy atom. The van der Waals surface area contributed by atoms with Crippen molar-refractivity contribution in [1.82, 2.24) is 20.5 Å². The minimum atomic E-state index is -2.74. The SMILES string of the molecule is CN(C)C1(c2ccccc2)CCC(NC(=S)NCCc2c[nH]c3ccccc23)CC1.O=C(O)CC(O)(CC(=O)O)C(=O)O. The number of aromatic nitrogens is 1. The van der Waals surface area contributed by atoms with Gasteiger partial charge in [0.15, 0.2) is 10.7 Å². The first-order valence-electron chi connectivity index (χ1n) is 14.1. The number of thiocarbonyl (C=S) groups is 1. The molecule has 0 radical (unpaired) electrons. The predicted octanol–water partition coefficient (Wildman–Crippen LogP) is 3.33. The second-order valence-corrected chi connectivity index (χ2v) is 11.5. The Kier molecular flexibility index (Phi) is 11.6. The average Bonchev–Trinajstić information content (AvgIpc) is 3.36. The van der Waals surface area contributed by atoms with Crippen molar-refractivity contribution in [3.05, 3.63) is 71.9 Å². The number of hydrogen-bond acceptors (Lipinski definition) is 6. The molecule has 1 aliphatic rings. The number of carboxylic acid groups (broad SMARTS) is 3. The molecule has 11 nitrogen and oxygen atoms in total. The first-order valence-corrected chi connectivity index (χ1v) is 14.5. The second kappa shape index (κ2) is 14.9. The molecular weight excluding hydrogens is 572 g/mol. The lowest BCUT2D eigenvalue weighted by atomic mass is 9.74. The van der Waals surface area contributed by atoms with Gasteiger partial charge in [-0.3, -0.25) is 14.5 Å². The topological polar surface area (TPSA) is 175 Å². The molecule has 3 aromatic rings. The molecule has 7 N–H and O–H groups in total. The van der Waals surface area contributed by atoms with Crippen LogP contribution < -0.4 is 10.6 Å². The molecule has 1 saturated carbocycles. The lowest BCUT2D eigenvalue weighted by Crippen LogP contribution is -2.50. The molecule has 0 amide bonds. The minimum Gasteiger partial charge on any atom is -0.481 e. The Balaban J connectivity index is 0.000000331. The van der Waals surface area contributed by atoms with Gasteiger partial charge >= 0.3 is 17.9 Å². The van der Waals surface area contributed by atoms with Crippen LogP contribution in [-0.2, 0) is 26.3 Å². The quantitative estimate of drug-likeness (QED) is 0.158. The van der Waals surface area contributed by atoms with Crippen LogP contribution in [0, 0.1) is 0 Å². The van der Waals surface area contributed by atoms with Gasteiger partial charge < -0.3 is 36.0 Å². The minimum absolute atomic E-state index is 0.129. The van der Waals surface area contributed by atoms with Crippen molar-refractivity contribution in [2.24, 2.45) is 0 Å². The van der Waals surface area contributed by atoms with Crippen molar-refractivity contribution in [2.75, 3.05) is 20.6 Å². The van der Waals surface area contributed by atoms with Gasteiger partial charge in [-0.2, -0.15) is 0 Å². The maximum Gasteiger partial charge on any atom is 0.336 e. The van der Waals surface area contributed by atoms with E-state index in [2.05, 4.69) is 95.4 Å². The van der Waals surface area contributed by atoms with Gasteiger partial charge in [0.25, 0.3) is 0 Å². The van der Waals surface area contributed by atoms with Gasteiger partial charge in [0.05, 0.1) is 12.8 Å². The summed E-state index contributed by atoms with van der Waals surface area (Å²) in [6.07, 6.45) is 5.29. The number of para-hydroxylation sites is 1. The molecule has 232 valence electrons. The van der Waals surface area contributed by atoms with E-state index in [1.807, 2.05) is 0 Å². The summed E-state index contributed by atoms with van der Waals surface area (Å²) in [6, 6.07) is 19.8. The Bertz CT molecular complexity index is 1390. The van der Waals surface area contributed by atoms with Crippen LogP contribution in [0.3, 0.4) is 0 Å². The third-order valence-corrected chi connectivity index (χ3v) is 8.22. The average molecular weight is 613 g/mol. The van der Waals surface area contributed by atoms with Crippen LogP contribution in [0.5, 0.6) is 0 Å². The maximum atomic E-state index is 10.3. The zero-order chi connectivity index (χ0) is 31.6. The number of hydrogen-bond donors (Lipinski definition) is 7. The molecule has 4 rings (SSSR count). The first-order chi connectivity index (χ1) is 20.4. The number of aliphatic carboxylic acids is 3. The number of carbonyl (C=O) groups is 3. The van der Waals surface area contributed by atoms with Gasteiger partial charge in [-0.25, -0.2) is 4.79 Å². The molecule has 12 heteroatoms. The number of rotatable bonds is 11. The van der Waals surface area contributed by atoms with E-state index in [1.54, 1.807) is 0 Å². The normalized spacial score (nSPS) is 18.4. The van der Waals surface area contributed by atoms with E-state index in [0.717, 1.165) is 43.8 Å². The summed E-state index contributed by atoms with van der Waals surface area (Å²) in [4.78, 5) is 36.2. The number of H-pyrrole nitrogens is 1. The molecule has 43 heavy (non-hydrogen) atoms. The van der Waals surface area contributed by atoms with Crippen LogP contribution in [-0.4, -0.2) is 85.6 Å². The molecule has 2 aromatic carbocycles. The highest BCUT2D eigenvalue weighted by atomic mass is 32.1. The molecule has 1 aliphatic carbocycles. The Labute approximate surface area is 255 Å². The van der Waals surface area contributed by atoms with Crippen molar-refractivity contribution in [1.29, 1.82) is 0 Å². The van der Waals surface area contributed by atoms with Gasteiger partial charge in [0, 0.05) is 35.2 Å². The van der Waals surface area contributed by atoms with Gasteiger partial charge in [0.1, 0.15) is 0 Å². The lowest BCUT2D eigenvalue weighted by molar-refractivity contribution is -0.170. The number of nitrogens with one attached hydrogen (secondary N) is 3. The van der Waals surface area contributed by atoms with Gasteiger partial charge in [-0.05, 0) is 75.6 Å². The van der Waals surface area contributed by atoms with Crippen LogP contribution in [0.4, 0.5) is 0 Å². The zero-order valence-electron chi connectivity index (χ0n) is 24.4. The summed E-state index contributed by atoms with van der Waals surface area (Å²) < 4.78 is 0. The van der Waals surface area contributed by atoms with E-state index < -0.39 is 36.4 Å². The number of aliphatic hydroxyl groups is 1. The van der Waals surface area contributed by atoms with Crippen LogP contribution in [0.15, 0.2) is 60.8 Å². The van der Waals surface area contributed by atoms with E-state index in [0.29, 0.717) is 6.04 Å². The standard InChI is InChI=1S/C25H32N4S.C6H8O7/c1-29(2)25(20-8-4-3-5-9-20)15-12-21(13-16-25)28-24(30)26-17-14-19-18-27-23-11-7-6-10-22(19)23;7-3(8)1-6(13,5(11)12)2-4(9)10/h3-11,18,21,27H,12-17H2,1-2H3,(H2,26,28,30);13H,1-2H2,(H,7,8)(H,9,10)(H,11,12). The lowest BCUT2D eigenvalue weighted by Gasteiger charge is -2.46. The van der Waals surface area contributed by atoms with E-state index in [1.165, 1.54) is 22.0 Å². The largest absolute Gasteiger partial charge is 0.481 e. The van der Waals surface area contributed by atoms with Crippen molar-refractivity contribution >= 4 is 46.1 Å². The fourth-order valence-electron chi connectivity index (χ4n) is 5.58. The Hall–Kier alpha value is -4.00. The fourth-order valence-corrected chi connectivity index (χ4v) is 5.85. The van der Waals surface area contributed by atoms with E-state index >= 15 is 0 Å². The highest BCUT2D eigenvalue weighted by Crippen LogP contribution is 2.41. The van der Waals surface area contributed by atoms with Crippen LogP contribution >= 0.6 is 12.2 Å². The third-order valence-electron chi connectivity index (χ3n) is 7.96. The Morgan fingerprint density at radius 1 is 0.977 bits per heavy atom. The highest BCUT2D eigenvalue weighted by Gasteiger charge is 2.41. The number of benzene rings is 2. The van der Waals surface area contributed by atoms with Crippen LogP contribution in [0.1, 0.15) is 49.7 Å². The second-order valence-electron chi connectivity index (χ2n) is 11.1. The molecule has 1 heterocycles. The first kappa shape index (κ1) is 33.5. The van der Waals surface area contributed by atoms with Crippen molar-refractivity contribution in [3.8, 4) is 0 Å². The smallest absolute Gasteiger partial charge is 0.336 e. The molecule has 0 spiro atoms.